The van der Waals surface area contributed by atoms with Gasteiger partial charge in [-0.15, -0.1) is 0 Å². The average molecular weight is 300 g/mol. The molecular weight excluding hydrogens is 277 g/mol. The van der Waals surface area contributed by atoms with Crippen LogP contribution in [0.1, 0.15) is 52.4 Å². The zero-order valence-electron chi connectivity index (χ0n) is 8.01. The fourth-order valence-corrected chi connectivity index (χ4v) is 0.604. The van der Waals surface area contributed by atoms with Gasteiger partial charge in [0.1, 0.15) is 0 Å². The molecular formula is C10H22Gd. The molecule has 11 heavy (non-hydrogen) atoms. The molecule has 0 amide bonds. The minimum absolute atomic E-state index is 0. The molecule has 0 bridgehead atoms. The summed E-state index contributed by atoms with van der Waals surface area (Å²) >= 11 is 0. The van der Waals surface area contributed by atoms with Crippen molar-refractivity contribution in [2.75, 3.05) is 0 Å². The van der Waals surface area contributed by atoms with Gasteiger partial charge in [0.25, 0.3) is 0 Å². The quantitative estimate of drug-likeness (QED) is 0.543. The van der Waals surface area contributed by atoms with Crippen molar-refractivity contribution in [3.8, 4) is 0 Å². The third-order valence-corrected chi connectivity index (χ3v) is 1.10. The van der Waals surface area contributed by atoms with Crippen LogP contribution in [0.25, 0.3) is 0 Å². The summed E-state index contributed by atoms with van der Waals surface area (Å²) in [5.74, 6) is 0. The Kier molecular flexibility index (Phi) is 37.2. The summed E-state index contributed by atoms with van der Waals surface area (Å²) in [6.45, 7) is 11.5. The first-order valence-electron chi connectivity index (χ1n) is 4.41. The van der Waals surface area contributed by atoms with Gasteiger partial charge in [0.05, 0.1) is 0 Å². The maximum atomic E-state index is 3.76. The van der Waals surface area contributed by atoms with E-state index in [0.29, 0.717) is 0 Å². The van der Waals surface area contributed by atoms with Crippen molar-refractivity contribution < 1.29 is 39.9 Å². The van der Waals surface area contributed by atoms with Gasteiger partial charge in [-0.25, -0.2) is 0 Å². The normalized spacial score (nSPS) is 7.64. The molecule has 0 aliphatic heterocycles. The minimum Gasteiger partial charge on any atom is -0.344 e. The van der Waals surface area contributed by atoms with Gasteiger partial charge < -0.3 is 13.8 Å². The third kappa shape index (κ3) is 34.7. The zero-order valence-corrected chi connectivity index (χ0v) is 10.3. The number of hydrogen-bond acceptors (Lipinski definition) is 0. The van der Waals surface area contributed by atoms with E-state index in [2.05, 4.69) is 20.8 Å². The molecule has 0 aromatic carbocycles. The molecule has 1 heteroatoms. The van der Waals surface area contributed by atoms with Crippen molar-refractivity contribution in [2.24, 2.45) is 0 Å². The molecule has 0 aliphatic carbocycles. The Hall–Kier alpha value is 1.32. The molecule has 0 unspecified atom stereocenters. The van der Waals surface area contributed by atoms with Gasteiger partial charge in [0.2, 0.25) is 0 Å². The Morgan fingerprint density at radius 3 is 1.64 bits per heavy atom. The van der Waals surface area contributed by atoms with Crippen molar-refractivity contribution in [3.05, 3.63) is 13.8 Å². The molecule has 0 radical (unpaired) electrons. The summed E-state index contributed by atoms with van der Waals surface area (Å²) in [5.41, 5.74) is 0. The van der Waals surface area contributed by atoms with Crippen molar-refractivity contribution in [1.82, 2.24) is 0 Å². The van der Waals surface area contributed by atoms with Crippen LogP contribution in [0.2, 0.25) is 0 Å². The van der Waals surface area contributed by atoms with E-state index in [1.165, 1.54) is 25.7 Å². The van der Waals surface area contributed by atoms with E-state index in [-0.39, 0.29) is 39.9 Å². The molecule has 0 saturated carbocycles. The van der Waals surface area contributed by atoms with Crippen molar-refractivity contribution in [2.45, 2.75) is 52.4 Å². The van der Waals surface area contributed by atoms with Gasteiger partial charge >= 0.3 is 39.9 Å². The van der Waals surface area contributed by atoms with E-state index in [9.17, 15) is 0 Å². The van der Waals surface area contributed by atoms with Gasteiger partial charge in [-0.1, -0.05) is 39.5 Å². The van der Waals surface area contributed by atoms with Crippen LogP contribution in [0.4, 0.5) is 0 Å². The Morgan fingerprint density at radius 2 is 1.36 bits per heavy atom. The van der Waals surface area contributed by atoms with Crippen LogP contribution in [0.15, 0.2) is 0 Å². The van der Waals surface area contributed by atoms with Crippen molar-refractivity contribution in [1.29, 1.82) is 0 Å². The number of rotatable bonds is 4. The van der Waals surface area contributed by atoms with Crippen LogP contribution in [0, 0.1) is 53.8 Å². The van der Waals surface area contributed by atoms with Crippen LogP contribution in [-0.4, -0.2) is 0 Å². The van der Waals surface area contributed by atoms with Crippen LogP contribution in [-0.2, 0) is 0 Å². The van der Waals surface area contributed by atoms with Crippen LogP contribution in [0.3, 0.4) is 0 Å². The maximum Gasteiger partial charge on any atom is 2.00 e. The molecule has 0 fully saturated rings. The van der Waals surface area contributed by atoms with Gasteiger partial charge in [-0.3, -0.25) is 0 Å². The first-order valence-corrected chi connectivity index (χ1v) is 4.41. The van der Waals surface area contributed by atoms with Crippen LogP contribution in [0.5, 0.6) is 0 Å². The van der Waals surface area contributed by atoms with E-state index in [1.807, 2.05) is 6.92 Å². The Bertz CT molecular complexity index is 31.9. The second kappa shape index (κ2) is 22.5. The van der Waals surface area contributed by atoms with E-state index >= 15 is 0 Å². The summed E-state index contributed by atoms with van der Waals surface area (Å²) < 4.78 is 0. The van der Waals surface area contributed by atoms with E-state index in [4.69, 9.17) is 0 Å². The largest absolute Gasteiger partial charge is 2.00 e. The number of unbranched alkanes of at least 4 members (excludes halogenated alkanes) is 4. The van der Waals surface area contributed by atoms with Gasteiger partial charge in [-0.05, 0) is 0 Å². The van der Waals surface area contributed by atoms with Gasteiger partial charge in [-0.2, -0.15) is 12.8 Å². The Balaban J connectivity index is -0.000000140. The minimum atomic E-state index is 0. The predicted octanol–water partition coefficient (Wildman–Crippen LogP) is 4.02. The molecule has 0 spiro atoms. The summed E-state index contributed by atoms with van der Waals surface area (Å²) in [6, 6.07) is 0. The second-order valence-electron chi connectivity index (χ2n) is 2.41. The van der Waals surface area contributed by atoms with E-state index in [1.54, 1.807) is 0 Å². The predicted molar refractivity (Wildman–Crippen MR) is 49.8 cm³/mol. The summed E-state index contributed by atoms with van der Waals surface area (Å²) in [5, 5.41) is 0. The molecule has 0 rings (SSSR count). The molecule has 0 atom stereocenters. The average Bonchev–Trinajstić information content (AvgIpc) is 1.91. The second-order valence-corrected chi connectivity index (χ2v) is 2.41. The van der Waals surface area contributed by atoms with Crippen molar-refractivity contribution >= 4 is 0 Å². The third-order valence-electron chi connectivity index (χ3n) is 1.10. The molecule has 0 aliphatic rings. The summed E-state index contributed by atoms with van der Waals surface area (Å²) in [4.78, 5) is 0. The SMILES string of the molecule is [CH2-]CC.[CH2-]CCCCCC.[Gd+2]. The molecule has 0 heterocycles. The van der Waals surface area contributed by atoms with E-state index < -0.39 is 0 Å². The fraction of sp³-hybridized carbons (Fsp3) is 0.800. The topological polar surface area (TPSA) is 0 Å². The molecule has 70 valence electrons. The monoisotopic (exact) mass is 300 g/mol. The molecule has 0 nitrogen and oxygen atoms in total. The van der Waals surface area contributed by atoms with Crippen LogP contribution >= 0.6 is 0 Å². The summed E-state index contributed by atoms with van der Waals surface area (Å²) in [6.07, 6.45) is 7.52. The maximum absolute atomic E-state index is 3.76. The van der Waals surface area contributed by atoms with E-state index in [0.717, 1.165) is 12.8 Å². The van der Waals surface area contributed by atoms with Gasteiger partial charge in [0, 0.05) is 0 Å². The summed E-state index contributed by atoms with van der Waals surface area (Å²) in [7, 11) is 0. The Labute approximate surface area is 105 Å². The zero-order chi connectivity index (χ0) is 8.24. The molecule has 0 aromatic heterocycles. The smallest absolute Gasteiger partial charge is 0.344 e. The first-order chi connectivity index (χ1) is 4.83. The van der Waals surface area contributed by atoms with Crippen molar-refractivity contribution in [3.63, 3.8) is 0 Å². The fourth-order valence-electron chi connectivity index (χ4n) is 0.604. The molecule has 0 saturated heterocycles. The molecule has 0 N–H and O–H groups in total. The standard InChI is InChI=1S/C7H15.C3H7.Gd/c1-3-5-7-6-4-2;1-3-2;/h1,3-7H2,2H3;1,3H2,2H3;/q2*-1;+2. The first kappa shape index (κ1) is 18.2. The number of hydrogen-bond donors (Lipinski definition) is 0. The van der Waals surface area contributed by atoms with Gasteiger partial charge in [0.15, 0.2) is 0 Å². The van der Waals surface area contributed by atoms with Crippen LogP contribution < -0.4 is 0 Å². The molecule has 0 aromatic rings. The Morgan fingerprint density at radius 1 is 0.909 bits per heavy atom.